The van der Waals surface area contributed by atoms with Crippen molar-refractivity contribution in [3.05, 3.63) is 59.7 Å². The van der Waals surface area contributed by atoms with Gasteiger partial charge in [0.2, 0.25) is 0 Å². The van der Waals surface area contributed by atoms with E-state index < -0.39 is 23.5 Å². The molecule has 2 aromatic rings. The lowest BCUT2D eigenvalue weighted by Gasteiger charge is -2.51. The van der Waals surface area contributed by atoms with Gasteiger partial charge in [0.05, 0.1) is 0 Å². The smallest absolute Gasteiger partial charge is 0.129 e. The lowest BCUT2D eigenvalue weighted by Crippen LogP contribution is -2.57. The quantitative estimate of drug-likeness (QED) is 0.375. The molecule has 0 bridgehead atoms. The molecule has 2 saturated carbocycles. The van der Waals surface area contributed by atoms with Crippen molar-refractivity contribution in [2.45, 2.75) is 113 Å². The topological polar surface area (TPSA) is 61.3 Å². The van der Waals surface area contributed by atoms with E-state index in [2.05, 4.69) is 13.8 Å². The zero-order chi connectivity index (χ0) is 25.1. The highest BCUT2D eigenvalue weighted by atomic mass is 19.1. The van der Waals surface area contributed by atoms with Crippen LogP contribution >= 0.6 is 0 Å². The van der Waals surface area contributed by atoms with Gasteiger partial charge in [-0.05, 0) is 85.8 Å². The van der Waals surface area contributed by atoms with Crippen molar-refractivity contribution in [3.8, 4) is 0 Å². The number of benzene rings is 2. The molecule has 2 aromatic carbocycles. The van der Waals surface area contributed by atoms with E-state index >= 15 is 8.78 Å². The Morgan fingerprint density at radius 2 is 1.09 bits per heavy atom. The van der Waals surface area contributed by atoms with Gasteiger partial charge >= 0.3 is 0 Å². The fraction of sp³-hybridized carbons (Fsp3) is 0.600. The number of ether oxygens (including phenoxy) is 1. The molecule has 0 radical (unpaired) electrons. The van der Waals surface area contributed by atoms with E-state index in [-0.39, 0.29) is 11.8 Å². The first kappa shape index (κ1) is 25.9. The van der Waals surface area contributed by atoms with Crippen LogP contribution in [0, 0.1) is 0 Å². The summed E-state index contributed by atoms with van der Waals surface area (Å²) in [6.45, 7) is 4.24. The number of hydrogen-bond acceptors (Lipinski definition) is 3. The van der Waals surface area contributed by atoms with E-state index in [0.29, 0.717) is 49.9 Å². The van der Waals surface area contributed by atoms with Crippen LogP contribution in [-0.4, -0.2) is 23.5 Å². The van der Waals surface area contributed by atoms with E-state index in [1.54, 1.807) is 0 Å². The van der Waals surface area contributed by atoms with Crippen molar-refractivity contribution in [1.82, 2.24) is 0 Å². The number of halogens is 2. The molecular formula is C30H42F2N2O. The van der Waals surface area contributed by atoms with Gasteiger partial charge in [0.25, 0.3) is 0 Å². The summed E-state index contributed by atoms with van der Waals surface area (Å²) in [6.07, 6.45) is 4.68. The van der Waals surface area contributed by atoms with Crippen molar-refractivity contribution in [2.75, 3.05) is 11.5 Å². The van der Waals surface area contributed by atoms with Gasteiger partial charge in [-0.1, -0.05) is 63.8 Å². The van der Waals surface area contributed by atoms with E-state index in [0.717, 1.165) is 36.8 Å². The maximum Gasteiger partial charge on any atom is 0.129 e. The minimum absolute atomic E-state index is 0.0835. The predicted molar refractivity (Wildman–Crippen MR) is 141 cm³/mol. The summed E-state index contributed by atoms with van der Waals surface area (Å²) >= 11 is 0. The van der Waals surface area contributed by atoms with Crippen LogP contribution in [0.3, 0.4) is 0 Å². The molecule has 4 rings (SSSR count). The molecule has 192 valence electrons. The molecule has 3 nitrogen and oxygen atoms in total. The number of rotatable bonds is 8. The van der Waals surface area contributed by atoms with Gasteiger partial charge in [-0.3, -0.25) is 0 Å². The minimum atomic E-state index is -1.09. The van der Waals surface area contributed by atoms with Crippen LogP contribution in [0.15, 0.2) is 48.5 Å². The molecule has 6 atom stereocenters. The van der Waals surface area contributed by atoms with E-state index in [1.807, 2.05) is 48.5 Å². The summed E-state index contributed by atoms with van der Waals surface area (Å²) in [5, 5.41) is 0. The zero-order valence-electron chi connectivity index (χ0n) is 21.3. The van der Waals surface area contributed by atoms with Crippen molar-refractivity contribution in [2.24, 2.45) is 0 Å². The van der Waals surface area contributed by atoms with Gasteiger partial charge in [0.15, 0.2) is 0 Å². The molecule has 0 aromatic heterocycles. The molecule has 2 aliphatic rings. The second-order valence-electron chi connectivity index (χ2n) is 11.2. The van der Waals surface area contributed by atoms with E-state index in [1.165, 1.54) is 0 Å². The zero-order valence-corrected chi connectivity index (χ0v) is 21.3. The average molecular weight is 485 g/mol. The third-order valence-electron chi connectivity index (χ3n) is 8.48. The molecular weight excluding hydrogens is 442 g/mol. The Morgan fingerprint density at radius 3 is 1.43 bits per heavy atom. The first-order valence-electron chi connectivity index (χ1n) is 13.4. The van der Waals surface area contributed by atoms with Crippen LogP contribution in [0.5, 0.6) is 0 Å². The number of nitrogen functional groups attached to an aromatic ring is 2. The van der Waals surface area contributed by atoms with Gasteiger partial charge in [-0.15, -0.1) is 0 Å². The van der Waals surface area contributed by atoms with E-state index in [4.69, 9.17) is 16.2 Å². The van der Waals surface area contributed by atoms with E-state index in [9.17, 15) is 0 Å². The highest BCUT2D eigenvalue weighted by Gasteiger charge is 2.53. The van der Waals surface area contributed by atoms with Crippen LogP contribution in [0.1, 0.15) is 101 Å². The average Bonchev–Trinajstić information content (AvgIpc) is 2.83. The Morgan fingerprint density at radius 1 is 0.714 bits per heavy atom. The summed E-state index contributed by atoms with van der Waals surface area (Å²) in [5.74, 6) is 0.167. The molecule has 0 aliphatic heterocycles. The molecule has 4 N–H and O–H groups in total. The molecule has 0 heterocycles. The normalized spacial score (nSPS) is 31.1. The van der Waals surface area contributed by atoms with Gasteiger partial charge in [0, 0.05) is 11.4 Å². The van der Waals surface area contributed by atoms with Crippen LogP contribution in [0.25, 0.3) is 0 Å². The molecule has 5 heteroatoms. The summed E-state index contributed by atoms with van der Waals surface area (Å²) in [4.78, 5) is 0. The Kier molecular flexibility index (Phi) is 8.05. The number of anilines is 2. The molecule has 2 fully saturated rings. The first-order valence-corrected chi connectivity index (χ1v) is 13.4. The van der Waals surface area contributed by atoms with Crippen LogP contribution in [0.2, 0.25) is 0 Å². The fourth-order valence-corrected chi connectivity index (χ4v) is 6.43. The lowest BCUT2D eigenvalue weighted by molar-refractivity contribution is -0.238. The third kappa shape index (κ3) is 5.82. The SMILES string of the molecule is CC(CC1(OC2(CC(C)c3ccc(N)cc3)CCCCC2F)CCCCC1F)c1ccc(N)cc1. The summed E-state index contributed by atoms with van der Waals surface area (Å²) in [6, 6.07) is 15.6. The molecule has 35 heavy (non-hydrogen) atoms. The minimum Gasteiger partial charge on any atom is -0.399 e. The Labute approximate surface area is 209 Å². The molecule has 0 saturated heterocycles. The third-order valence-corrected chi connectivity index (χ3v) is 8.48. The highest BCUT2D eigenvalue weighted by Crippen LogP contribution is 2.50. The van der Waals surface area contributed by atoms with Crippen LogP contribution in [-0.2, 0) is 4.74 Å². The van der Waals surface area contributed by atoms with Crippen LogP contribution in [0.4, 0.5) is 20.2 Å². The van der Waals surface area contributed by atoms with Crippen LogP contribution < -0.4 is 11.5 Å². The largest absolute Gasteiger partial charge is 0.399 e. The fourth-order valence-electron chi connectivity index (χ4n) is 6.43. The Hall–Kier alpha value is -2.14. The Bertz CT molecular complexity index is 872. The summed E-state index contributed by atoms with van der Waals surface area (Å²) in [5.41, 5.74) is 13.5. The van der Waals surface area contributed by atoms with Crippen molar-refractivity contribution in [1.29, 1.82) is 0 Å². The maximum atomic E-state index is 15.9. The second kappa shape index (κ2) is 10.9. The highest BCUT2D eigenvalue weighted by molar-refractivity contribution is 5.41. The molecule has 0 spiro atoms. The van der Waals surface area contributed by atoms with Crippen molar-refractivity contribution >= 4 is 11.4 Å². The van der Waals surface area contributed by atoms with Gasteiger partial charge in [0.1, 0.15) is 23.5 Å². The number of hydrogen-bond donors (Lipinski definition) is 2. The molecule has 2 aliphatic carbocycles. The van der Waals surface area contributed by atoms with Gasteiger partial charge < -0.3 is 16.2 Å². The predicted octanol–water partition coefficient (Wildman–Crippen LogP) is 7.86. The monoisotopic (exact) mass is 484 g/mol. The lowest BCUT2D eigenvalue weighted by atomic mass is 9.72. The van der Waals surface area contributed by atoms with Gasteiger partial charge in [-0.25, -0.2) is 8.78 Å². The summed E-state index contributed by atoms with van der Waals surface area (Å²) < 4.78 is 38.8. The standard InChI is InChI=1S/C30H42F2N2O/c1-21(23-9-13-25(33)14-10-23)19-29(17-5-3-7-27(29)31)35-30(18-6-4-8-28(30)32)20-22(2)24-11-15-26(34)16-12-24/h9-16,21-22,27-28H,3-8,17-20,33-34H2,1-2H3. The summed E-state index contributed by atoms with van der Waals surface area (Å²) in [7, 11) is 0. The van der Waals surface area contributed by atoms with Crippen molar-refractivity contribution in [3.63, 3.8) is 0 Å². The maximum absolute atomic E-state index is 15.9. The molecule has 0 amide bonds. The Balaban J connectivity index is 1.64. The number of alkyl halides is 2. The molecule has 6 unspecified atom stereocenters. The van der Waals surface area contributed by atoms with Gasteiger partial charge in [-0.2, -0.15) is 0 Å². The first-order chi connectivity index (χ1) is 16.7. The number of nitrogens with two attached hydrogens (primary N) is 2. The van der Waals surface area contributed by atoms with Crippen molar-refractivity contribution < 1.29 is 13.5 Å². The second-order valence-corrected chi connectivity index (χ2v) is 11.2.